The van der Waals surface area contributed by atoms with Crippen LogP contribution in [0.25, 0.3) is 0 Å². The molecule has 114 valence electrons. The molecule has 0 radical (unpaired) electrons. The van der Waals surface area contributed by atoms with Gasteiger partial charge in [-0.25, -0.2) is 0 Å². The van der Waals surface area contributed by atoms with Crippen LogP contribution >= 0.6 is 0 Å². The Morgan fingerprint density at radius 1 is 1.14 bits per heavy atom. The fourth-order valence-electron chi connectivity index (χ4n) is 2.46. The van der Waals surface area contributed by atoms with Crippen molar-refractivity contribution in [3.63, 3.8) is 0 Å². The number of ether oxygens (including phenoxy) is 2. The van der Waals surface area contributed by atoms with Gasteiger partial charge in [0.2, 0.25) is 0 Å². The molecule has 0 unspecified atom stereocenters. The average Bonchev–Trinajstić information content (AvgIpc) is 2.49. The van der Waals surface area contributed by atoms with Crippen molar-refractivity contribution in [2.45, 2.75) is 26.6 Å². The minimum atomic E-state index is -0.515. The van der Waals surface area contributed by atoms with Crippen LogP contribution in [0.5, 0.6) is 5.75 Å². The maximum Gasteiger partial charge on any atom is 0.493 e. The van der Waals surface area contributed by atoms with Gasteiger partial charge in [-0.1, -0.05) is 26.0 Å². The Morgan fingerprint density at radius 2 is 1.81 bits per heavy atom. The van der Waals surface area contributed by atoms with Crippen molar-refractivity contribution < 1.29 is 23.9 Å². The Labute approximate surface area is 125 Å². The van der Waals surface area contributed by atoms with E-state index >= 15 is 0 Å². The molecule has 1 aromatic carbocycles. The summed E-state index contributed by atoms with van der Waals surface area (Å²) in [6.45, 7) is 6.77. The minimum absolute atomic E-state index is 0.0336. The first-order valence-electron chi connectivity index (χ1n) is 7.34. The molecule has 0 aromatic heterocycles. The highest BCUT2D eigenvalue weighted by atomic mass is 16.7. The molecule has 2 heterocycles. The summed E-state index contributed by atoms with van der Waals surface area (Å²) in [7, 11) is -0.402. The zero-order valence-electron chi connectivity index (χ0n) is 12.5. The normalized spacial score (nSPS) is 23.2. The van der Waals surface area contributed by atoms with Gasteiger partial charge in [-0.3, -0.25) is 0 Å². The third kappa shape index (κ3) is 3.40. The van der Waals surface area contributed by atoms with E-state index in [-0.39, 0.29) is 11.2 Å². The summed E-state index contributed by atoms with van der Waals surface area (Å²) in [5, 5.41) is 10.0. The first-order valence-corrected chi connectivity index (χ1v) is 7.34. The zero-order chi connectivity index (χ0) is 14.9. The van der Waals surface area contributed by atoms with Crippen LogP contribution in [0.2, 0.25) is 0 Å². The standard InChI is InChI=1S/C15H21BO5/c1-15(2)9-20-16(21-10-15)11-4-5-13(17)12(8-11)14-18-6-3-7-19-14/h4-5,8,14,17H,3,6-7,9-10H2,1-2H3. The van der Waals surface area contributed by atoms with Crippen molar-refractivity contribution in [1.82, 2.24) is 0 Å². The molecular weight excluding hydrogens is 271 g/mol. The molecule has 0 saturated carbocycles. The van der Waals surface area contributed by atoms with E-state index in [9.17, 15) is 5.11 Å². The van der Waals surface area contributed by atoms with Crippen LogP contribution in [0, 0.1) is 5.41 Å². The van der Waals surface area contributed by atoms with Crippen molar-refractivity contribution >= 4 is 12.6 Å². The Bertz CT molecular complexity index is 489. The van der Waals surface area contributed by atoms with Gasteiger partial charge in [-0.15, -0.1) is 0 Å². The minimum Gasteiger partial charge on any atom is -0.507 e. The largest absolute Gasteiger partial charge is 0.507 e. The third-order valence-corrected chi connectivity index (χ3v) is 3.66. The number of hydrogen-bond acceptors (Lipinski definition) is 5. The number of benzene rings is 1. The highest BCUT2D eigenvalue weighted by Crippen LogP contribution is 2.30. The van der Waals surface area contributed by atoms with Crippen molar-refractivity contribution in [2.75, 3.05) is 26.4 Å². The van der Waals surface area contributed by atoms with E-state index < -0.39 is 13.4 Å². The lowest BCUT2D eigenvalue weighted by Crippen LogP contribution is -2.47. The van der Waals surface area contributed by atoms with Gasteiger partial charge in [-0.05, 0) is 17.9 Å². The predicted molar refractivity (Wildman–Crippen MR) is 78.4 cm³/mol. The number of hydrogen-bond donors (Lipinski definition) is 1. The fourth-order valence-corrected chi connectivity index (χ4v) is 2.46. The SMILES string of the molecule is CC1(C)COB(c2ccc(O)c(C3OCCCO3)c2)OC1. The molecule has 5 nitrogen and oxygen atoms in total. The van der Waals surface area contributed by atoms with Gasteiger partial charge in [0.25, 0.3) is 0 Å². The molecule has 21 heavy (non-hydrogen) atoms. The number of rotatable bonds is 2. The average molecular weight is 292 g/mol. The van der Waals surface area contributed by atoms with Crippen LogP contribution in [0.1, 0.15) is 32.1 Å². The molecule has 1 aromatic rings. The summed E-state index contributed by atoms with van der Waals surface area (Å²) >= 11 is 0. The van der Waals surface area contributed by atoms with Crippen LogP contribution in [0.3, 0.4) is 0 Å². The second-order valence-electron chi connectivity index (χ2n) is 6.36. The lowest BCUT2D eigenvalue weighted by atomic mass is 9.75. The van der Waals surface area contributed by atoms with Crippen molar-refractivity contribution in [3.8, 4) is 5.75 Å². The molecule has 6 heteroatoms. The Kier molecular flexibility index (Phi) is 4.22. The topological polar surface area (TPSA) is 57.2 Å². The monoisotopic (exact) mass is 292 g/mol. The van der Waals surface area contributed by atoms with Gasteiger partial charge in [0.1, 0.15) is 5.75 Å². The molecule has 2 saturated heterocycles. The highest BCUT2D eigenvalue weighted by Gasteiger charge is 2.34. The van der Waals surface area contributed by atoms with Crippen LogP contribution in [-0.4, -0.2) is 38.7 Å². The summed E-state index contributed by atoms with van der Waals surface area (Å²) < 4.78 is 22.7. The fraction of sp³-hybridized carbons (Fsp3) is 0.600. The van der Waals surface area contributed by atoms with Gasteiger partial charge in [0.15, 0.2) is 6.29 Å². The van der Waals surface area contributed by atoms with E-state index in [0.29, 0.717) is 32.0 Å². The Hall–Kier alpha value is -1.08. The summed E-state index contributed by atoms with van der Waals surface area (Å²) in [6.07, 6.45) is 0.361. The lowest BCUT2D eigenvalue weighted by Gasteiger charge is -2.33. The molecule has 0 atom stereocenters. The van der Waals surface area contributed by atoms with Gasteiger partial charge >= 0.3 is 7.12 Å². The van der Waals surface area contributed by atoms with Crippen LogP contribution in [0.4, 0.5) is 0 Å². The second kappa shape index (κ2) is 5.97. The van der Waals surface area contributed by atoms with E-state index in [2.05, 4.69) is 13.8 Å². The molecule has 2 fully saturated rings. The maximum absolute atomic E-state index is 10.0. The molecule has 0 aliphatic carbocycles. The first kappa shape index (κ1) is 14.8. The molecule has 0 spiro atoms. The van der Waals surface area contributed by atoms with Crippen LogP contribution < -0.4 is 5.46 Å². The van der Waals surface area contributed by atoms with E-state index in [1.54, 1.807) is 6.07 Å². The van der Waals surface area contributed by atoms with Gasteiger partial charge in [-0.2, -0.15) is 0 Å². The highest BCUT2D eigenvalue weighted by molar-refractivity contribution is 6.61. The number of phenolic OH excluding ortho intramolecular Hbond substituents is 1. The quantitative estimate of drug-likeness (QED) is 0.839. The first-order chi connectivity index (χ1) is 10.1. The van der Waals surface area contributed by atoms with Crippen molar-refractivity contribution in [1.29, 1.82) is 0 Å². The van der Waals surface area contributed by atoms with Crippen molar-refractivity contribution in [2.24, 2.45) is 5.41 Å². The Morgan fingerprint density at radius 3 is 2.48 bits per heavy atom. The van der Waals surface area contributed by atoms with E-state index in [0.717, 1.165) is 11.9 Å². The molecule has 3 rings (SSSR count). The summed E-state index contributed by atoms with van der Waals surface area (Å²) in [4.78, 5) is 0. The molecule has 0 bridgehead atoms. The number of phenols is 1. The lowest BCUT2D eigenvalue weighted by molar-refractivity contribution is -0.183. The van der Waals surface area contributed by atoms with Crippen LogP contribution in [-0.2, 0) is 18.8 Å². The van der Waals surface area contributed by atoms with Crippen LogP contribution in [0.15, 0.2) is 18.2 Å². The maximum atomic E-state index is 10.0. The summed E-state index contributed by atoms with van der Waals surface area (Å²) in [5.41, 5.74) is 1.53. The molecule has 0 amide bonds. The number of aromatic hydroxyl groups is 1. The van der Waals surface area contributed by atoms with E-state index in [4.69, 9.17) is 18.8 Å². The zero-order valence-corrected chi connectivity index (χ0v) is 12.5. The smallest absolute Gasteiger partial charge is 0.493 e. The Balaban J connectivity index is 1.77. The third-order valence-electron chi connectivity index (χ3n) is 3.66. The molecule has 1 N–H and O–H groups in total. The summed E-state index contributed by atoms with van der Waals surface area (Å²) in [5.74, 6) is 0.168. The van der Waals surface area contributed by atoms with Crippen molar-refractivity contribution in [3.05, 3.63) is 23.8 Å². The van der Waals surface area contributed by atoms with Gasteiger partial charge in [0.05, 0.1) is 13.2 Å². The summed E-state index contributed by atoms with van der Waals surface area (Å²) in [6, 6.07) is 5.29. The molecule has 2 aliphatic heterocycles. The van der Waals surface area contributed by atoms with E-state index in [1.807, 2.05) is 12.1 Å². The second-order valence-corrected chi connectivity index (χ2v) is 6.36. The molecule has 2 aliphatic rings. The van der Waals surface area contributed by atoms with E-state index in [1.165, 1.54) is 0 Å². The van der Waals surface area contributed by atoms with Gasteiger partial charge < -0.3 is 23.9 Å². The van der Waals surface area contributed by atoms with Gasteiger partial charge in [0, 0.05) is 24.2 Å². The molecular formula is C15H21BO5. The predicted octanol–water partition coefficient (Wildman–Crippen LogP) is 1.60.